The van der Waals surface area contributed by atoms with Crippen LogP contribution in [-0.4, -0.2) is 73.2 Å². The highest BCUT2D eigenvalue weighted by atomic mass is 35.5. The number of benzene rings is 1. The van der Waals surface area contributed by atoms with Crippen molar-refractivity contribution in [2.24, 2.45) is 0 Å². The van der Waals surface area contributed by atoms with Gasteiger partial charge in [-0.15, -0.1) is 11.8 Å². The minimum absolute atomic E-state index is 0.240. The van der Waals surface area contributed by atoms with Crippen molar-refractivity contribution in [3.05, 3.63) is 53.7 Å². The normalized spacial score (nSPS) is 18.9. The first-order valence-corrected chi connectivity index (χ1v) is 13.2. The van der Waals surface area contributed by atoms with E-state index in [1.165, 1.54) is 4.90 Å². The zero-order chi connectivity index (χ0) is 23.5. The molecule has 178 valence electrons. The van der Waals surface area contributed by atoms with Crippen LogP contribution >= 0.6 is 23.4 Å². The Morgan fingerprint density at radius 1 is 1.00 bits per heavy atom. The summed E-state index contributed by atoms with van der Waals surface area (Å²) in [6, 6.07) is 14.7. The fourth-order valence-electron chi connectivity index (χ4n) is 4.50. The lowest BCUT2D eigenvalue weighted by Crippen LogP contribution is -2.53. The van der Waals surface area contributed by atoms with Gasteiger partial charge in [0.1, 0.15) is 11.6 Å². The number of aromatic nitrogens is 3. The number of pyridine rings is 1. The molecule has 2 fully saturated rings. The van der Waals surface area contributed by atoms with E-state index in [2.05, 4.69) is 63.2 Å². The summed E-state index contributed by atoms with van der Waals surface area (Å²) in [7, 11) is 0. The van der Waals surface area contributed by atoms with E-state index in [4.69, 9.17) is 26.3 Å². The van der Waals surface area contributed by atoms with Crippen molar-refractivity contribution in [2.45, 2.75) is 17.9 Å². The highest BCUT2D eigenvalue weighted by Gasteiger charge is 2.28. The number of halogens is 1. The Labute approximate surface area is 210 Å². The van der Waals surface area contributed by atoms with Crippen molar-refractivity contribution in [3.63, 3.8) is 0 Å². The molecule has 4 heterocycles. The molecule has 1 unspecified atom stereocenters. The second-order valence-electron chi connectivity index (χ2n) is 8.54. The van der Waals surface area contributed by atoms with Gasteiger partial charge in [-0.05, 0) is 37.4 Å². The maximum absolute atomic E-state index is 6.42. The van der Waals surface area contributed by atoms with Crippen molar-refractivity contribution < 1.29 is 4.74 Å². The molecule has 2 aliphatic rings. The van der Waals surface area contributed by atoms with Gasteiger partial charge in [-0.3, -0.25) is 0 Å². The molecule has 3 aromatic rings. The van der Waals surface area contributed by atoms with Gasteiger partial charge in [0.25, 0.3) is 0 Å². The quantitative estimate of drug-likeness (QED) is 0.480. The van der Waals surface area contributed by atoms with E-state index in [0.29, 0.717) is 18.2 Å². The fourth-order valence-corrected chi connectivity index (χ4v) is 5.21. The highest BCUT2D eigenvalue weighted by Crippen LogP contribution is 2.31. The second-order valence-corrected chi connectivity index (χ2v) is 9.83. The van der Waals surface area contributed by atoms with E-state index in [9.17, 15) is 0 Å². The van der Waals surface area contributed by atoms with Crippen LogP contribution < -0.4 is 14.7 Å². The minimum Gasteiger partial charge on any atom is -0.378 e. The van der Waals surface area contributed by atoms with E-state index in [1.807, 2.05) is 12.1 Å². The zero-order valence-corrected chi connectivity index (χ0v) is 21.1. The van der Waals surface area contributed by atoms with Crippen LogP contribution in [0, 0.1) is 0 Å². The number of piperazine rings is 1. The summed E-state index contributed by atoms with van der Waals surface area (Å²) in [6.07, 6.45) is 3.89. The average Bonchev–Trinajstić information content (AvgIpc) is 2.89. The standard InChI is InChI=1S/C25H29ClN6OS/c1-18-17-31(24-21(26)7-4-8-27-24)9-10-32(18)23-16-22(19-5-3-6-20(15-19)34-2)28-25(29-23)30-11-13-33-14-12-30/h3-8,15-16,18H,9-14,17H2,1-2H3. The molecule has 0 bridgehead atoms. The molecule has 1 atom stereocenters. The first-order valence-electron chi connectivity index (χ1n) is 11.6. The molecule has 0 amide bonds. The third-order valence-electron chi connectivity index (χ3n) is 6.32. The lowest BCUT2D eigenvalue weighted by Gasteiger charge is -2.41. The van der Waals surface area contributed by atoms with Crippen molar-refractivity contribution in [2.75, 3.05) is 66.9 Å². The summed E-state index contributed by atoms with van der Waals surface area (Å²) >= 11 is 8.16. The van der Waals surface area contributed by atoms with Crippen LogP contribution in [0.2, 0.25) is 5.02 Å². The second kappa shape index (κ2) is 10.4. The van der Waals surface area contributed by atoms with Crippen molar-refractivity contribution in [1.29, 1.82) is 0 Å². The largest absolute Gasteiger partial charge is 0.378 e. The highest BCUT2D eigenvalue weighted by molar-refractivity contribution is 7.98. The molecule has 5 rings (SSSR count). The third kappa shape index (κ3) is 4.94. The van der Waals surface area contributed by atoms with Crippen molar-refractivity contribution in [1.82, 2.24) is 15.0 Å². The van der Waals surface area contributed by atoms with Gasteiger partial charge in [-0.1, -0.05) is 23.7 Å². The van der Waals surface area contributed by atoms with Gasteiger partial charge in [0, 0.05) is 61.5 Å². The number of rotatable bonds is 5. The first kappa shape index (κ1) is 23.2. The maximum Gasteiger partial charge on any atom is 0.228 e. The Morgan fingerprint density at radius 3 is 2.62 bits per heavy atom. The third-order valence-corrected chi connectivity index (χ3v) is 7.34. The number of anilines is 3. The number of morpholine rings is 1. The molecule has 9 heteroatoms. The molecule has 0 saturated carbocycles. The summed E-state index contributed by atoms with van der Waals surface area (Å²) in [5, 5.41) is 0.691. The lowest BCUT2D eigenvalue weighted by atomic mass is 10.1. The van der Waals surface area contributed by atoms with Crippen LogP contribution in [0.1, 0.15) is 6.92 Å². The number of ether oxygens (including phenoxy) is 1. The minimum atomic E-state index is 0.240. The van der Waals surface area contributed by atoms with E-state index >= 15 is 0 Å². The van der Waals surface area contributed by atoms with Crippen molar-refractivity contribution >= 4 is 40.9 Å². The molecular formula is C25H29ClN6OS. The molecule has 2 aliphatic heterocycles. The number of hydrogen-bond acceptors (Lipinski definition) is 8. The van der Waals surface area contributed by atoms with Crippen molar-refractivity contribution in [3.8, 4) is 11.3 Å². The molecule has 0 aliphatic carbocycles. The molecule has 0 radical (unpaired) electrons. The van der Waals surface area contributed by atoms with Crippen LogP contribution in [0.15, 0.2) is 53.6 Å². The number of hydrogen-bond donors (Lipinski definition) is 0. The molecule has 2 aromatic heterocycles. The average molecular weight is 497 g/mol. The van der Waals surface area contributed by atoms with Crippen LogP contribution in [0.4, 0.5) is 17.6 Å². The predicted octanol–water partition coefficient (Wildman–Crippen LogP) is 4.47. The Bertz CT molecular complexity index is 1140. The molecule has 34 heavy (non-hydrogen) atoms. The summed E-state index contributed by atoms with van der Waals surface area (Å²) in [5.41, 5.74) is 2.06. The Morgan fingerprint density at radius 2 is 1.85 bits per heavy atom. The van der Waals surface area contributed by atoms with Gasteiger partial charge in [0.15, 0.2) is 0 Å². The zero-order valence-electron chi connectivity index (χ0n) is 19.5. The van der Waals surface area contributed by atoms with Gasteiger partial charge in [0.2, 0.25) is 5.95 Å². The molecule has 1 aromatic carbocycles. The Kier molecular flexibility index (Phi) is 7.08. The molecule has 7 nitrogen and oxygen atoms in total. The molecule has 2 saturated heterocycles. The van der Waals surface area contributed by atoms with E-state index < -0.39 is 0 Å². The van der Waals surface area contributed by atoms with Crippen LogP contribution in [0.25, 0.3) is 11.3 Å². The number of thioether (sulfide) groups is 1. The van der Waals surface area contributed by atoms with E-state index in [0.717, 1.165) is 61.6 Å². The van der Waals surface area contributed by atoms with E-state index in [-0.39, 0.29) is 6.04 Å². The van der Waals surface area contributed by atoms with Gasteiger partial charge < -0.3 is 19.4 Å². The lowest BCUT2D eigenvalue weighted by molar-refractivity contribution is 0.122. The monoisotopic (exact) mass is 496 g/mol. The smallest absolute Gasteiger partial charge is 0.228 e. The molecular weight excluding hydrogens is 468 g/mol. The number of nitrogens with zero attached hydrogens (tertiary/aromatic N) is 6. The van der Waals surface area contributed by atoms with Crippen LogP contribution in [0.5, 0.6) is 0 Å². The maximum atomic E-state index is 6.42. The van der Waals surface area contributed by atoms with E-state index in [1.54, 1.807) is 18.0 Å². The molecule has 0 spiro atoms. The first-order chi connectivity index (χ1) is 16.6. The Hall–Kier alpha value is -2.55. The van der Waals surface area contributed by atoms with Crippen LogP contribution in [0.3, 0.4) is 0 Å². The predicted molar refractivity (Wildman–Crippen MR) is 141 cm³/mol. The Balaban J connectivity index is 1.47. The van der Waals surface area contributed by atoms with Crippen LogP contribution in [-0.2, 0) is 4.74 Å². The summed E-state index contributed by atoms with van der Waals surface area (Å²) < 4.78 is 5.56. The fraction of sp³-hybridized carbons (Fsp3) is 0.400. The topological polar surface area (TPSA) is 57.6 Å². The van der Waals surface area contributed by atoms with Gasteiger partial charge in [-0.25, -0.2) is 9.97 Å². The van der Waals surface area contributed by atoms with Gasteiger partial charge >= 0.3 is 0 Å². The van der Waals surface area contributed by atoms with Gasteiger partial charge in [0.05, 0.1) is 23.9 Å². The molecule has 0 N–H and O–H groups in total. The summed E-state index contributed by atoms with van der Waals surface area (Å²) in [4.78, 5) is 22.6. The van der Waals surface area contributed by atoms with Gasteiger partial charge in [-0.2, -0.15) is 4.98 Å². The summed E-state index contributed by atoms with van der Waals surface area (Å²) in [5.74, 6) is 2.58. The SMILES string of the molecule is CSc1cccc(-c2cc(N3CCN(c4ncccc4Cl)CC3C)nc(N3CCOCC3)n2)c1. The summed E-state index contributed by atoms with van der Waals surface area (Å²) in [6.45, 7) is 7.71.